The number of nitrogens with one attached hydrogen (secondary N) is 1. The zero-order valence-electron chi connectivity index (χ0n) is 17.0. The van der Waals surface area contributed by atoms with Gasteiger partial charge >= 0.3 is 0 Å². The molecular formula is C23H22ClFN2O3S. The van der Waals surface area contributed by atoms with E-state index < -0.39 is 28.5 Å². The van der Waals surface area contributed by atoms with Crippen molar-refractivity contribution in [3.8, 4) is 0 Å². The van der Waals surface area contributed by atoms with Crippen molar-refractivity contribution in [1.29, 1.82) is 0 Å². The van der Waals surface area contributed by atoms with Gasteiger partial charge in [-0.1, -0.05) is 41.9 Å². The molecule has 1 N–H and O–H groups in total. The third kappa shape index (κ3) is 5.42. The molecule has 0 heterocycles. The maximum absolute atomic E-state index is 13.4. The van der Waals surface area contributed by atoms with Gasteiger partial charge in [0.1, 0.15) is 12.4 Å². The number of hydrogen-bond donors (Lipinski definition) is 1. The van der Waals surface area contributed by atoms with Crippen LogP contribution < -0.4 is 9.62 Å². The Labute approximate surface area is 186 Å². The van der Waals surface area contributed by atoms with Crippen LogP contribution in [-0.4, -0.2) is 20.9 Å². The summed E-state index contributed by atoms with van der Waals surface area (Å²) in [6.45, 7) is 3.11. The number of anilines is 1. The quantitative estimate of drug-likeness (QED) is 0.547. The standard InChI is InChI=1S/C23H22ClFN2O3S/c1-16-5-3-4-6-22(16)27(31(29,30)21-13-9-19(24)10-14-21)15-23(28)26-17(2)18-7-11-20(25)12-8-18/h3-14,17H,15H2,1-2H3,(H,26,28)/t17-/m1/s1. The highest BCUT2D eigenvalue weighted by molar-refractivity contribution is 7.92. The predicted octanol–water partition coefficient (Wildman–Crippen LogP) is 4.86. The third-order valence-corrected chi connectivity index (χ3v) is 6.85. The number of sulfonamides is 1. The summed E-state index contributed by atoms with van der Waals surface area (Å²) in [7, 11) is -4.03. The number of aryl methyl sites for hydroxylation is 1. The molecule has 3 rings (SSSR count). The summed E-state index contributed by atoms with van der Waals surface area (Å²) in [5.74, 6) is -0.861. The fourth-order valence-corrected chi connectivity index (χ4v) is 4.74. The van der Waals surface area contributed by atoms with E-state index in [2.05, 4.69) is 5.32 Å². The van der Waals surface area contributed by atoms with Crippen molar-refractivity contribution in [2.45, 2.75) is 24.8 Å². The summed E-state index contributed by atoms with van der Waals surface area (Å²) in [5.41, 5.74) is 1.82. The van der Waals surface area contributed by atoms with Crippen LogP contribution >= 0.6 is 11.6 Å². The number of halogens is 2. The van der Waals surface area contributed by atoms with Crippen molar-refractivity contribution >= 4 is 33.2 Å². The molecule has 0 radical (unpaired) electrons. The lowest BCUT2D eigenvalue weighted by atomic mass is 10.1. The van der Waals surface area contributed by atoms with E-state index in [9.17, 15) is 17.6 Å². The van der Waals surface area contributed by atoms with Gasteiger partial charge in [0.2, 0.25) is 5.91 Å². The van der Waals surface area contributed by atoms with Gasteiger partial charge in [-0.25, -0.2) is 12.8 Å². The molecule has 3 aromatic carbocycles. The molecule has 0 aromatic heterocycles. The molecule has 1 atom stereocenters. The van der Waals surface area contributed by atoms with Crippen LogP contribution in [0.15, 0.2) is 77.7 Å². The van der Waals surface area contributed by atoms with Crippen molar-refractivity contribution in [2.24, 2.45) is 0 Å². The second-order valence-electron chi connectivity index (χ2n) is 7.09. The fourth-order valence-electron chi connectivity index (χ4n) is 3.13. The molecule has 0 aliphatic rings. The average molecular weight is 461 g/mol. The van der Waals surface area contributed by atoms with Crippen LogP contribution in [0.4, 0.5) is 10.1 Å². The number of carbonyl (C=O) groups is 1. The SMILES string of the molecule is Cc1ccccc1N(CC(=O)N[C@H](C)c1ccc(F)cc1)S(=O)(=O)c1ccc(Cl)cc1. The Morgan fingerprint density at radius 3 is 2.26 bits per heavy atom. The first-order valence-corrected chi connectivity index (χ1v) is 11.4. The zero-order valence-corrected chi connectivity index (χ0v) is 18.6. The molecule has 5 nitrogen and oxygen atoms in total. The molecule has 3 aromatic rings. The topological polar surface area (TPSA) is 66.5 Å². The lowest BCUT2D eigenvalue weighted by molar-refractivity contribution is -0.120. The molecule has 31 heavy (non-hydrogen) atoms. The van der Waals surface area contributed by atoms with Crippen LogP contribution in [0.1, 0.15) is 24.1 Å². The molecule has 0 aliphatic carbocycles. The minimum absolute atomic E-state index is 0.0273. The lowest BCUT2D eigenvalue weighted by Gasteiger charge is -2.26. The van der Waals surface area contributed by atoms with E-state index >= 15 is 0 Å². The van der Waals surface area contributed by atoms with Crippen LogP contribution in [0.5, 0.6) is 0 Å². The minimum Gasteiger partial charge on any atom is -0.348 e. The summed E-state index contributed by atoms with van der Waals surface area (Å²) in [5, 5.41) is 3.19. The normalized spacial score (nSPS) is 12.3. The summed E-state index contributed by atoms with van der Waals surface area (Å²) in [4.78, 5) is 12.8. The summed E-state index contributed by atoms with van der Waals surface area (Å²) < 4.78 is 41.0. The van der Waals surface area contributed by atoms with E-state index in [1.807, 2.05) is 0 Å². The largest absolute Gasteiger partial charge is 0.348 e. The Morgan fingerprint density at radius 2 is 1.65 bits per heavy atom. The molecule has 0 fully saturated rings. The highest BCUT2D eigenvalue weighted by Gasteiger charge is 2.28. The lowest BCUT2D eigenvalue weighted by Crippen LogP contribution is -2.41. The number of benzene rings is 3. The summed E-state index contributed by atoms with van der Waals surface area (Å²) in [6, 6.07) is 18.1. The summed E-state index contributed by atoms with van der Waals surface area (Å²) >= 11 is 5.90. The minimum atomic E-state index is -4.03. The Balaban J connectivity index is 1.90. The maximum atomic E-state index is 13.4. The molecule has 0 aliphatic heterocycles. The van der Waals surface area contributed by atoms with Crippen molar-refractivity contribution in [1.82, 2.24) is 5.32 Å². The van der Waals surface area contributed by atoms with Crippen LogP contribution in [-0.2, 0) is 14.8 Å². The van der Waals surface area contributed by atoms with Gasteiger partial charge in [0, 0.05) is 5.02 Å². The molecule has 162 valence electrons. The van der Waals surface area contributed by atoms with Crippen LogP contribution in [0.2, 0.25) is 5.02 Å². The van der Waals surface area contributed by atoms with E-state index in [0.717, 1.165) is 4.31 Å². The van der Waals surface area contributed by atoms with Gasteiger partial charge in [-0.15, -0.1) is 0 Å². The number of rotatable bonds is 7. The van der Waals surface area contributed by atoms with Gasteiger partial charge in [0.05, 0.1) is 16.6 Å². The van der Waals surface area contributed by atoms with Gasteiger partial charge in [0.25, 0.3) is 10.0 Å². The van der Waals surface area contributed by atoms with Crippen LogP contribution in [0.25, 0.3) is 0 Å². The molecule has 0 bridgehead atoms. The van der Waals surface area contributed by atoms with Gasteiger partial charge < -0.3 is 5.32 Å². The Morgan fingerprint density at radius 1 is 1.03 bits per heavy atom. The van der Waals surface area contributed by atoms with Crippen LogP contribution in [0.3, 0.4) is 0 Å². The van der Waals surface area contributed by atoms with Crippen molar-refractivity contribution in [3.63, 3.8) is 0 Å². The molecular weight excluding hydrogens is 439 g/mol. The number of amides is 1. The molecule has 0 unspecified atom stereocenters. The Kier molecular flexibility index (Phi) is 6.97. The van der Waals surface area contributed by atoms with E-state index in [1.54, 1.807) is 50.2 Å². The average Bonchev–Trinajstić information content (AvgIpc) is 2.73. The predicted molar refractivity (Wildman–Crippen MR) is 120 cm³/mol. The fraction of sp³-hybridized carbons (Fsp3) is 0.174. The second kappa shape index (κ2) is 9.49. The van der Waals surface area contributed by atoms with Gasteiger partial charge in [-0.3, -0.25) is 9.10 Å². The van der Waals surface area contributed by atoms with Crippen molar-refractivity contribution < 1.29 is 17.6 Å². The van der Waals surface area contributed by atoms with Gasteiger partial charge in [-0.2, -0.15) is 0 Å². The Bertz CT molecular complexity index is 1170. The molecule has 0 saturated heterocycles. The van der Waals surface area contributed by atoms with E-state index in [-0.39, 0.29) is 10.7 Å². The maximum Gasteiger partial charge on any atom is 0.264 e. The van der Waals surface area contributed by atoms with Gasteiger partial charge in [0.15, 0.2) is 0 Å². The molecule has 0 spiro atoms. The number of nitrogens with zero attached hydrogens (tertiary/aromatic N) is 1. The first-order valence-electron chi connectivity index (χ1n) is 9.57. The number of carbonyl (C=O) groups excluding carboxylic acids is 1. The molecule has 1 amide bonds. The van der Waals surface area contributed by atoms with Crippen molar-refractivity contribution in [3.05, 3.63) is 94.8 Å². The molecule has 8 heteroatoms. The van der Waals surface area contributed by atoms with Crippen molar-refractivity contribution in [2.75, 3.05) is 10.8 Å². The van der Waals surface area contributed by atoms with Gasteiger partial charge in [-0.05, 0) is 67.4 Å². The third-order valence-electron chi connectivity index (χ3n) is 4.82. The first-order chi connectivity index (χ1) is 14.7. The van der Waals surface area contributed by atoms with E-state index in [4.69, 9.17) is 11.6 Å². The Hall–Kier alpha value is -2.90. The zero-order chi connectivity index (χ0) is 22.6. The smallest absolute Gasteiger partial charge is 0.264 e. The highest BCUT2D eigenvalue weighted by Crippen LogP contribution is 2.27. The second-order valence-corrected chi connectivity index (χ2v) is 9.39. The highest BCUT2D eigenvalue weighted by atomic mass is 35.5. The number of para-hydroxylation sites is 1. The number of hydrogen-bond acceptors (Lipinski definition) is 3. The monoisotopic (exact) mass is 460 g/mol. The van der Waals surface area contributed by atoms with E-state index in [1.165, 1.54) is 36.4 Å². The van der Waals surface area contributed by atoms with Crippen LogP contribution in [0, 0.1) is 12.7 Å². The summed E-state index contributed by atoms with van der Waals surface area (Å²) in [6.07, 6.45) is 0. The van der Waals surface area contributed by atoms with E-state index in [0.29, 0.717) is 21.8 Å². The molecule has 0 saturated carbocycles. The first kappa shape index (κ1) is 22.8.